The molecule has 1 aliphatic rings. The van der Waals surface area contributed by atoms with E-state index in [0.29, 0.717) is 0 Å². The Morgan fingerprint density at radius 2 is 2.36 bits per heavy atom. The van der Waals surface area contributed by atoms with Crippen molar-refractivity contribution in [3.63, 3.8) is 0 Å². The average Bonchev–Trinajstić information content (AvgIpc) is 2.81. The van der Waals surface area contributed by atoms with Crippen molar-refractivity contribution in [3.05, 3.63) is 44.2 Å². The van der Waals surface area contributed by atoms with Gasteiger partial charge in [0, 0.05) is 19.5 Å². The van der Waals surface area contributed by atoms with Crippen LogP contribution in [0.15, 0.2) is 32.9 Å². The second kappa shape index (κ2) is 6.59. The quantitative estimate of drug-likeness (QED) is 0.623. The first-order valence-corrected chi connectivity index (χ1v) is 7.37. The zero-order chi connectivity index (χ0) is 16.4. The lowest BCUT2D eigenvalue weighted by atomic mass is 10.1. The van der Waals surface area contributed by atoms with Gasteiger partial charge in [0.25, 0.3) is 5.56 Å². The molecule has 4 atom stereocenters. The summed E-state index contributed by atoms with van der Waals surface area (Å²) in [4.78, 5) is 36.5. The summed E-state index contributed by atoms with van der Waals surface area (Å²) in [6.45, 7) is 4.95. The van der Waals surface area contributed by atoms with Crippen molar-refractivity contribution in [2.24, 2.45) is 0 Å². The van der Waals surface area contributed by atoms with Gasteiger partial charge >= 0.3 is 5.69 Å². The molecule has 120 valence electrons. The number of aromatic nitrogens is 2. The number of hydrogen-bond donors (Lipinski definition) is 3. The highest BCUT2D eigenvalue weighted by atomic mass is 79.9. The topological polar surface area (TPSA) is 113 Å². The molecule has 1 aliphatic heterocycles. The van der Waals surface area contributed by atoms with Gasteiger partial charge in [-0.1, -0.05) is 6.08 Å². The van der Waals surface area contributed by atoms with Crippen LogP contribution in [0.2, 0.25) is 0 Å². The second-order valence-electron chi connectivity index (χ2n) is 4.96. The highest BCUT2D eigenvalue weighted by Gasteiger charge is 2.39. The van der Waals surface area contributed by atoms with Gasteiger partial charge in [0.15, 0.2) is 0 Å². The van der Waals surface area contributed by atoms with E-state index in [9.17, 15) is 19.5 Å². The van der Waals surface area contributed by atoms with Crippen LogP contribution in [-0.2, 0) is 9.53 Å². The van der Waals surface area contributed by atoms with Crippen molar-refractivity contribution >= 4 is 21.8 Å². The smallest absolute Gasteiger partial charge is 0.330 e. The fraction of sp³-hybridized carbons (Fsp3) is 0.462. The average molecular weight is 374 g/mol. The number of aromatic amines is 1. The van der Waals surface area contributed by atoms with E-state index in [2.05, 4.69) is 32.8 Å². The van der Waals surface area contributed by atoms with Gasteiger partial charge in [-0.25, -0.2) is 4.79 Å². The van der Waals surface area contributed by atoms with Crippen molar-refractivity contribution in [1.29, 1.82) is 0 Å². The van der Waals surface area contributed by atoms with Crippen LogP contribution in [0.5, 0.6) is 0 Å². The summed E-state index contributed by atoms with van der Waals surface area (Å²) < 4.78 is 7.03. The predicted molar refractivity (Wildman–Crippen MR) is 81.4 cm³/mol. The molecule has 0 aromatic carbocycles. The molecule has 2 heterocycles. The summed E-state index contributed by atoms with van der Waals surface area (Å²) in [7, 11) is 0. The minimum atomic E-state index is -0.891. The number of hydrogen-bond acceptors (Lipinski definition) is 5. The Morgan fingerprint density at radius 3 is 2.95 bits per heavy atom. The van der Waals surface area contributed by atoms with E-state index in [0.717, 1.165) is 0 Å². The fourth-order valence-corrected chi connectivity index (χ4v) is 2.68. The highest BCUT2D eigenvalue weighted by Crippen LogP contribution is 2.30. The third-order valence-electron chi connectivity index (χ3n) is 3.35. The molecule has 8 nitrogen and oxygen atoms in total. The van der Waals surface area contributed by atoms with Crippen LogP contribution in [0, 0.1) is 0 Å². The Kier molecular flexibility index (Phi) is 4.99. The summed E-state index contributed by atoms with van der Waals surface area (Å²) in [6.07, 6.45) is 0.539. The Bertz CT molecular complexity index is 698. The van der Waals surface area contributed by atoms with Crippen LogP contribution in [0.3, 0.4) is 0 Å². The van der Waals surface area contributed by atoms with Crippen LogP contribution in [0.1, 0.15) is 19.6 Å². The maximum Gasteiger partial charge on any atom is 0.330 e. The number of aliphatic hydroxyl groups is 1. The molecule has 0 aliphatic carbocycles. The number of halogens is 1. The van der Waals surface area contributed by atoms with E-state index in [-0.39, 0.29) is 16.8 Å². The minimum Gasteiger partial charge on any atom is -0.390 e. The summed E-state index contributed by atoms with van der Waals surface area (Å²) >= 11 is 3.04. The van der Waals surface area contributed by atoms with E-state index in [1.807, 2.05) is 0 Å². The van der Waals surface area contributed by atoms with Crippen LogP contribution >= 0.6 is 15.9 Å². The molecule has 3 N–H and O–H groups in total. The lowest BCUT2D eigenvalue weighted by Crippen LogP contribution is -2.45. The molecule has 0 bridgehead atoms. The summed E-state index contributed by atoms with van der Waals surface area (Å²) in [5.74, 6) is -0.284. The molecule has 1 saturated heterocycles. The molecule has 2 rings (SSSR count). The third-order valence-corrected chi connectivity index (χ3v) is 3.91. The maximum absolute atomic E-state index is 11.8. The number of carbonyl (C=O) groups excluding carboxylic acids is 1. The molecule has 9 heteroatoms. The first-order valence-electron chi connectivity index (χ1n) is 6.57. The van der Waals surface area contributed by atoms with E-state index >= 15 is 0 Å². The normalized spacial score (nSPS) is 25.7. The number of ether oxygens (including phenoxy) is 1. The number of nitrogens with zero attached hydrogens (tertiary/aromatic N) is 1. The van der Waals surface area contributed by atoms with Gasteiger partial charge in [-0.05, 0) is 15.9 Å². The van der Waals surface area contributed by atoms with Crippen molar-refractivity contribution in [3.8, 4) is 0 Å². The van der Waals surface area contributed by atoms with E-state index in [1.165, 1.54) is 23.8 Å². The van der Waals surface area contributed by atoms with Crippen molar-refractivity contribution < 1.29 is 14.6 Å². The predicted octanol–water partition coefficient (Wildman–Crippen LogP) is -0.362. The number of amides is 1. The number of carbonyl (C=O) groups is 1. The summed E-state index contributed by atoms with van der Waals surface area (Å²) in [5.41, 5.74) is -1.18. The standard InChI is InChI=1S/C13H16BrN3O5/c1-3-8(15-6(2)18)11-9(19)4-10(22-11)17-5-7(14)12(20)16-13(17)21/h3,5,8-11,19H,1,4H2,2H3,(H,15,18)(H,16,20,21)/t8?,9-,10+,11+/m0/s1. The fourth-order valence-electron chi connectivity index (χ4n) is 2.36. The molecular formula is C13H16BrN3O5. The molecule has 0 saturated carbocycles. The van der Waals surface area contributed by atoms with E-state index in [4.69, 9.17) is 4.74 Å². The number of nitrogens with one attached hydrogen (secondary N) is 2. The first-order chi connectivity index (χ1) is 10.3. The third kappa shape index (κ3) is 3.37. The largest absolute Gasteiger partial charge is 0.390 e. The van der Waals surface area contributed by atoms with Crippen molar-refractivity contribution in [1.82, 2.24) is 14.9 Å². The van der Waals surface area contributed by atoms with Gasteiger partial charge in [0.1, 0.15) is 12.3 Å². The Hall–Kier alpha value is -1.71. The SMILES string of the molecule is C=CC(NC(C)=O)[C@H]1O[C@@H](n2cc(Br)c(=O)[nH]c2=O)C[C@@H]1O. The van der Waals surface area contributed by atoms with E-state index < -0.39 is 35.7 Å². The monoisotopic (exact) mass is 373 g/mol. The minimum absolute atomic E-state index is 0.146. The zero-order valence-corrected chi connectivity index (χ0v) is 13.4. The zero-order valence-electron chi connectivity index (χ0n) is 11.8. The van der Waals surface area contributed by atoms with Gasteiger partial charge in [-0.3, -0.25) is 19.1 Å². The van der Waals surface area contributed by atoms with Crippen LogP contribution < -0.4 is 16.6 Å². The molecule has 1 aromatic heterocycles. The van der Waals surface area contributed by atoms with Gasteiger partial charge in [0.2, 0.25) is 5.91 Å². The maximum atomic E-state index is 11.8. The molecular weight excluding hydrogens is 358 g/mol. The van der Waals surface area contributed by atoms with E-state index in [1.54, 1.807) is 0 Å². The molecule has 1 aromatic rings. The molecule has 0 radical (unpaired) electrons. The molecule has 22 heavy (non-hydrogen) atoms. The summed E-state index contributed by atoms with van der Waals surface area (Å²) in [5, 5.41) is 12.7. The van der Waals surface area contributed by atoms with Gasteiger partial charge < -0.3 is 15.2 Å². The van der Waals surface area contributed by atoms with Crippen molar-refractivity contribution in [2.45, 2.75) is 37.8 Å². The van der Waals surface area contributed by atoms with Gasteiger partial charge in [0.05, 0.1) is 16.6 Å². The second-order valence-corrected chi connectivity index (χ2v) is 5.82. The van der Waals surface area contributed by atoms with Crippen LogP contribution in [0.4, 0.5) is 0 Å². The Balaban J connectivity index is 2.25. The Labute approximate surface area is 133 Å². The number of rotatable bonds is 4. The van der Waals surface area contributed by atoms with Gasteiger partial charge in [-0.15, -0.1) is 6.58 Å². The van der Waals surface area contributed by atoms with Crippen molar-refractivity contribution in [2.75, 3.05) is 0 Å². The first kappa shape index (κ1) is 16.7. The number of aliphatic hydroxyl groups excluding tert-OH is 1. The molecule has 1 unspecified atom stereocenters. The summed E-state index contributed by atoms with van der Waals surface area (Å²) in [6, 6.07) is -0.584. The number of H-pyrrole nitrogens is 1. The highest BCUT2D eigenvalue weighted by molar-refractivity contribution is 9.10. The van der Waals surface area contributed by atoms with Gasteiger partial charge in [-0.2, -0.15) is 0 Å². The molecule has 1 fully saturated rings. The van der Waals surface area contributed by atoms with Crippen LogP contribution in [0.25, 0.3) is 0 Å². The lowest BCUT2D eigenvalue weighted by Gasteiger charge is -2.23. The van der Waals surface area contributed by atoms with Crippen LogP contribution in [-0.4, -0.2) is 38.8 Å². The Morgan fingerprint density at radius 1 is 1.68 bits per heavy atom. The lowest BCUT2D eigenvalue weighted by molar-refractivity contribution is -0.121. The molecule has 1 amide bonds. The molecule has 0 spiro atoms.